The molecule has 0 saturated carbocycles. The predicted octanol–water partition coefficient (Wildman–Crippen LogP) is 2.68. The molecule has 5 nitrogen and oxygen atoms in total. The van der Waals surface area contributed by atoms with Gasteiger partial charge in [-0.15, -0.1) is 0 Å². The third kappa shape index (κ3) is 3.77. The molecule has 1 aliphatic heterocycles. The molecule has 0 aliphatic carbocycles. The van der Waals surface area contributed by atoms with E-state index < -0.39 is 0 Å². The van der Waals surface area contributed by atoms with Crippen molar-refractivity contribution in [3.63, 3.8) is 0 Å². The fraction of sp³-hybridized carbons (Fsp3) is 0.467. The van der Waals surface area contributed by atoms with Gasteiger partial charge in [-0.05, 0) is 26.0 Å². The topological polar surface area (TPSA) is 51.1 Å². The van der Waals surface area contributed by atoms with Crippen LogP contribution in [0.2, 0.25) is 0 Å². The van der Waals surface area contributed by atoms with E-state index in [-0.39, 0.29) is 18.6 Å². The lowest BCUT2D eigenvalue weighted by Gasteiger charge is -2.20. The van der Waals surface area contributed by atoms with Gasteiger partial charge >= 0.3 is 0 Å². The molecular formula is C15H20N2O3S. The van der Waals surface area contributed by atoms with E-state index >= 15 is 0 Å². The molecule has 1 amide bonds. The van der Waals surface area contributed by atoms with Gasteiger partial charge < -0.3 is 9.47 Å². The van der Waals surface area contributed by atoms with Gasteiger partial charge in [-0.1, -0.05) is 23.9 Å². The van der Waals surface area contributed by atoms with Gasteiger partial charge in [0.1, 0.15) is 18.0 Å². The highest BCUT2D eigenvalue weighted by Gasteiger charge is 2.32. The molecule has 0 N–H and O–H groups in total. The largest absolute Gasteiger partial charge is 0.492 e. The second kappa shape index (κ2) is 7.47. The highest BCUT2D eigenvalue weighted by molar-refractivity contribution is 8.14. The Morgan fingerprint density at radius 3 is 2.95 bits per heavy atom. The van der Waals surface area contributed by atoms with Crippen molar-refractivity contribution in [2.45, 2.75) is 19.9 Å². The predicted molar refractivity (Wildman–Crippen MR) is 85.3 cm³/mol. The summed E-state index contributed by atoms with van der Waals surface area (Å²) in [5.74, 6) is 1.50. The first-order valence-electron chi connectivity index (χ1n) is 6.91. The summed E-state index contributed by atoms with van der Waals surface area (Å²) in [5, 5.41) is 0.705. The van der Waals surface area contributed by atoms with E-state index in [0.29, 0.717) is 11.8 Å². The molecule has 0 radical (unpaired) electrons. The van der Waals surface area contributed by atoms with Gasteiger partial charge in [-0.3, -0.25) is 9.69 Å². The minimum absolute atomic E-state index is 0.0665. The van der Waals surface area contributed by atoms with Crippen LogP contribution >= 0.6 is 11.8 Å². The average molecular weight is 308 g/mol. The molecule has 21 heavy (non-hydrogen) atoms. The van der Waals surface area contributed by atoms with Crippen LogP contribution in [-0.4, -0.2) is 48.1 Å². The number of aliphatic imine (C=N–C) groups is 1. The molecule has 1 aliphatic rings. The number of amidine groups is 1. The summed E-state index contributed by atoms with van der Waals surface area (Å²) in [6.45, 7) is 4.59. The number of thioether (sulfide) groups is 1. The molecule has 0 aromatic heterocycles. The first-order chi connectivity index (χ1) is 10.2. The number of methoxy groups -OCH3 is 1. The smallest absolute Gasteiger partial charge is 0.254 e. The second-order valence-corrected chi connectivity index (χ2v) is 5.64. The Morgan fingerprint density at radius 1 is 1.48 bits per heavy atom. The molecule has 0 bridgehead atoms. The number of carbonyl (C=O) groups excluding carboxylic acids is 1. The minimum atomic E-state index is -0.0670. The molecule has 1 heterocycles. The Bertz CT molecular complexity index is 533. The van der Waals surface area contributed by atoms with Crippen molar-refractivity contribution >= 4 is 28.5 Å². The van der Waals surface area contributed by atoms with E-state index in [1.807, 2.05) is 38.1 Å². The van der Waals surface area contributed by atoms with Gasteiger partial charge in [-0.2, -0.15) is 0 Å². The molecular weight excluding hydrogens is 288 g/mol. The zero-order valence-corrected chi connectivity index (χ0v) is 13.4. The van der Waals surface area contributed by atoms with Crippen molar-refractivity contribution in [1.29, 1.82) is 0 Å². The number of nitrogens with zero attached hydrogens (tertiary/aromatic N) is 2. The third-order valence-corrected chi connectivity index (χ3v) is 4.21. The highest BCUT2D eigenvalue weighted by atomic mass is 32.2. The molecule has 0 spiro atoms. The first kappa shape index (κ1) is 15.9. The van der Waals surface area contributed by atoms with Crippen LogP contribution in [0.3, 0.4) is 0 Å². The third-order valence-electron chi connectivity index (χ3n) is 3.02. The number of hydrogen-bond donors (Lipinski definition) is 0. The van der Waals surface area contributed by atoms with Crippen molar-refractivity contribution in [3.05, 3.63) is 24.3 Å². The van der Waals surface area contributed by atoms with Crippen LogP contribution in [0, 0.1) is 0 Å². The molecule has 1 fully saturated rings. The van der Waals surface area contributed by atoms with Gasteiger partial charge in [0.05, 0.1) is 6.61 Å². The summed E-state index contributed by atoms with van der Waals surface area (Å²) in [6.07, 6.45) is 0. The molecule has 1 unspecified atom stereocenters. The lowest BCUT2D eigenvalue weighted by atomic mass is 10.3. The van der Waals surface area contributed by atoms with E-state index in [0.717, 1.165) is 17.2 Å². The summed E-state index contributed by atoms with van der Waals surface area (Å²) in [4.78, 5) is 18.5. The first-order valence-corrected chi connectivity index (χ1v) is 7.90. The lowest BCUT2D eigenvalue weighted by Crippen LogP contribution is -2.39. The number of amides is 1. The van der Waals surface area contributed by atoms with Gasteiger partial charge in [0, 0.05) is 18.9 Å². The zero-order valence-electron chi connectivity index (χ0n) is 12.5. The van der Waals surface area contributed by atoms with Gasteiger partial charge in [0.25, 0.3) is 5.91 Å². The second-order valence-electron chi connectivity index (χ2n) is 4.65. The van der Waals surface area contributed by atoms with Crippen molar-refractivity contribution < 1.29 is 14.3 Å². The van der Waals surface area contributed by atoms with Crippen LogP contribution in [0.25, 0.3) is 0 Å². The quantitative estimate of drug-likeness (QED) is 0.839. The Morgan fingerprint density at radius 2 is 2.24 bits per heavy atom. The van der Waals surface area contributed by atoms with Gasteiger partial charge in [0.15, 0.2) is 5.17 Å². The van der Waals surface area contributed by atoms with E-state index in [1.54, 1.807) is 16.7 Å². The normalized spacial score (nSPS) is 20.0. The van der Waals surface area contributed by atoms with Crippen LogP contribution in [0.4, 0.5) is 5.69 Å². The molecule has 1 atom stereocenters. The standard InChI is InChI=1S/C15H20N2O3S/c1-4-20-13-8-6-5-7-12(13)16-15-17(11(2)10-21-15)14(18)9-19-3/h5-8,11H,4,9-10H2,1-3H3. The highest BCUT2D eigenvalue weighted by Crippen LogP contribution is 2.32. The van der Waals surface area contributed by atoms with Crippen LogP contribution in [-0.2, 0) is 9.53 Å². The van der Waals surface area contributed by atoms with E-state index in [1.165, 1.54) is 7.11 Å². The maximum Gasteiger partial charge on any atom is 0.254 e. The fourth-order valence-electron chi connectivity index (χ4n) is 2.09. The Labute approximate surface area is 129 Å². The number of carbonyl (C=O) groups is 1. The number of benzene rings is 1. The number of hydrogen-bond acceptors (Lipinski definition) is 5. The SMILES string of the molecule is CCOc1ccccc1N=C1SCC(C)N1C(=O)COC. The maximum absolute atomic E-state index is 12.1. The summed E-state index contributed by atoms with van der Waals surface area (Å²) < 4.78 is 10.5. The van der Waals surface area contributed by atoms with Gasteiger partial charge in [-0.25, -0.2) is 4.99 Å². The number of ether oxygens (including phenoxy) is 2. The molecule has 1 aromatic rings. The Hall–Kier alpha value is -1.53. The Balaban J connectivity index is 2.29. The van der Waals surface area contributed by atoms with Crippen molar-refractivity contribution in [3.8, 4) is 5.75 Å². The van der Waals surface area contributed by atoms with Crippen LogP contribution in [0.5, 0.6) is 5.75 Å². The van der Waals surface area contributed by atoms with E-state index in [4.69, 9.17) is 9.47 Å². The van der Waals surface area contributed by atoms with E-state index in [2.05, 4.69) is 4.99 Å². The van der Waals surface area contributed by atoms with Crippen LogP contribution < -0.4 is 4.74 Å². The molecule has 1 aromatic carbocycles. The minimum Gasteiger partial charge on any atom is -0.492 e. The number of rotatable bonds is 5. The van der Waals surface area contributed by atoms with Crippen molar-refractivity contribution in [2.24, 2.45) is 4.99 Å². The number of para-hydroxylation sites is 2. The molecule has 114 valence electrons. The summed E-state index contributed by atoms with van der Waals surface area (Å²) in [5.41, 5.74) is 0.742. The average Bonchev–Trinajstić information content (AvgIpc) is 2.82. The molecule has 6 heteroatoms. The van der Waals surface area contributed by atoms with Crippen molar-refractivity contribution in [1.82, 2.24) is 4.90 Å². The van der Waals surface area contributed by atoms with Crippen LogP contribution in [0.15, 0.2) is 29.3 Å². The summed E-state index contributed by atoms with van der Waals surface area (Å²) in [7, 11) is 1.52. The Kier molecular flexibility index (Phi) is 5.64. The lowest BCUT2D eigenvalue weighted by molar-refractivity contribution is -0.132. The monoisotopic (exact) mass is 308 g/mol. The summed E-state index contributed by atoms with van der Waals surface area (Å²) in [6, 6.07) is 7.71. The van der Waals surface area contributed by atoms with Crippen LogP contribution in [0.1, 0.15) is 13.8 Å². The molecule has 2 rings (SSSR count). The maximum atomic E-state index is 12.1. The fourth-order valence-corrected chi connectivity index (χ4v) is 3.21. The zero-order chi connectivity index (χ0) is 15.2. The summed E-state index contributed by atoms with van der Waals surface area (Å²) >= 11 is 1.58. The van der Waals surface area contributed by atoms with E-state index in [9.17, 15) is 4.79 Å². The van der Waals surface area contributed by atoms with Gasteiger partial charge in [0.2, 0.25) is 0 Å². The van der Waals surface area contributed by atoms with Crippen molar-refractivity contribution in [2.75, 3.05) is 26.1 Å². The molecule has 1 saturated heterocycles.